The summed E-state index contributed by atoms with van der Waals surface area (Å²) in [6.45, 7) is 0. The summed E-state index contributed by atoms with van der Waals surface area (Å²) in [6, 6.07) is 10.1. The van der Waals surface area contributed by atoms with Crippen molar-refractivity contribution in [3.63, 3.8) is 0 Å². The van der Waals surface area contributed by atoms with Crippen molar-refractivity contribution in [2.75, 3.05) is 5.73 Å². The van der Waals surface area contributed by atoms with Gasteiger partial charge in [-0.15, -0.1) is 0 Å². The summed E-state index contributed by atoms with van der Waals surface area (Å²) in [6.07, 6.45) is -2.88. The highest BCUT2D eigenvalue weighted by Gasteiger charge is 2.45. The Labute approximate surface area is 146 Å². The standard InChI is InChI=1S/C17H13F3N4O2/c18-17(19,20)15(26-14-7-9-23-16(21)24-14)12-5-1-2-6-13(12)25-11-4-3-8-22-10-11/h1-10,15H,(H2,21,23,24). The maximum absolute atomic E-state index is 13.6. The lowest BCUT2D eigenvalue weighted by atomic mass is 10.1. The number of hydrogen-bond acceptors (Lipinski definition) is 6. The van der Waals surface area contributed by atoms with E-state index in [1.165, 1.54) is 42.9 Å². The molecular formula is C17H13F3N4O2. The van der Waals surface area contributed by atoms with Crippen LogP contribution in [0.3, 0.4) is 0 Å². The number of para-hydroxylation sites is 1. The lowest BCUT2D eigenvalue weighted by Gasteiger charge is -2.23. The van der Waals surface area contributed by atoms with E-state index in [2.05, 4.69) is 15.0 Å². The Morgan fingerprint density at radius 1 is 1.00 bits per heavy atom. The predicted octanol–water partition coefficient (Wildman–Crippen LogP) is 3.93. The van der Waals surface area contributed by atoms with Crippen LogP contribution in [0, 0.1) is 0 Å². The Bertz CT molecular complexity index is 875. The van der Waals surface area contributed by atoms with E-state index in [1.54, 1.807) is 18.2 Å². The van der Waals surface area contributed by atoms with Gasteiger partial charge in [0, 0.05) is 24.0 Å². The van der Waals surface area contributed by atoms with Crippen molar-refractivity contribution >= 4 is 5.95 Å². The second-order valence-electron chi connectivity index (χ2n) is 5.12. The van der Waals surface area contributed by atoms with E-state index in [0.29, 0.717) is 5.75 Å². The summed E-state index contributed by atoms with van der Waals surface area (Å²) < 4.78 is 51.5. The molecular weight excluding hydrogens is 349 g/mol. The molecule has 6 nitrogen and oxygen atoms in total. The molecule has 0 fully saturated rings. The highest BCUT2D eigenvalue weighted by atomic mass is 19.4. The molecule has 1 aromatic carbocycles. The second-order valence-corrected chi connectivity index (χ2v) is 5.12. The summed E-state index contributed by atoms with van der Waals surface area (Å²) >= 11 is 0. The predicted molar refractivity (Wildman–Crippen MR) is 86.6 cm³/mol. The van der Waals surface area contributed by atoms with Gasteiger partial charge in [0.05, 0.1) is 6.20 Å². The molecule has 2 N–H and O–H groups in total. The fraction of sp³-hybridized carbons (Fsp3) is 0.118. The zero-order valence-electron chi connectivity index (χ0n) is 13.2. The van der Waals surface area contributed by atoms with Gasteiger partial charge in [-0.3, -0.25) is 4.98 Å². The summed E-state index contributed by atoms with van der Waals surface area (Å²) in [5.41, 5.74) is 5.19. The topological polar surface area (TPSA) is 83.2 Å². The van der Waals surface area contributed by atoms with Crippen LogP contribution in [0.1, 0.15) is 11.7 Å². The molecule has 2 aromatic heterocycles. The molecule has 0 aliphatic heterocycles. The van der Waals surface area contributed by atoms with Gasteiger partial charge in [0.15, 0.2) is 0 Å². The summed E-state index contributed by atoms with van der Waals surface area (Å²) in [5.74, 6) is -0.198. The Balaban J connectivity index is 1.97. The fourth-order valence-corrected chi connectivity index (χ4v) is 2.17. The monoisotopic (exact) mass is 362 g/mol. The maximum Gasteiger partial charge on any atom is 0.429 e. The van der Waals surface area contributed by atoms with Crippen LogP contribution in [0.2, 0.25) is 0 Å². The third-order valence-corrected chi connectivity index (χ3v) is 3.25. The number of nitrogens with two attached hydrogens (primary N) is 1. The average molecular weight is 362 g/mol. The van der Waals surface area contributed by atoms with Gasteiger partial charge in [0.25, 0.3) is 0 Å². The molecule has 1 unspecified atom stereocenters. The molecule has 9 heteroatoms. The van der Waals surface area contributed by atoms with E-state index in [1.807, 2.05) is 0 Å². The Hall–Kier alpha value is -3.36. The minimum Gasteiger partial charge on any atom is -0.459 e. The van der Waals surface area contributed by atoms with Gasteiger partial charge < -0.3 is 15.2 Å². The van der Waals surface area contributed by atoms with Crippen LogP contribution in [0.25, 0.3) is 0 Å². The van der Waals surface area contributed by atoms with Crippen molar-refractivity contribution in [1.82, 2.24) is 15.0 Å². The number of nitrogen functional groups attached to an aromatic ring is 1. The van der Waals surface area contributed by atoms with Gasteiger partial charge in [-0.2, -0.15) is 18.2 Å². The molecule has 3 aromatic rings. The number of alkyl halides is 3. The number of aromatic nitrogens is 3. The third kappa shape index (κ3) is 4.18. The minimum absolute atomic E-state index is 0.00940. The molecule has 0 spiro atoms. The molecule has 0 saturated carbocycles. The zero-order chi connectivity index (χ0) is 18.6. The number of halogens is 3. The second kappa shape index (κ2) is 7.26. The van der Waals surface area contributed by atoms with E-state index >= 15 is 0 Å². The number of anilines is 1. The highest BCUT2D eigenvalue weighted by molar-refractivity contribution is 5.39. The number of ether oxygens (including phenoxy) is 2. The molecule has 2 heterocycles. The van der Waals surface area contributed by atoms with Crippen molar-refractivity contribution in [1.29, 1.82) is 0 Å². The van der Waals surface area contributed by atoms with Gasteiger partial charge in [0.2, 0.25) is 17.9 Å². The van der Waals surface area contributed by atoms with Crippen molar-refractivity contribution in [2.45, 2.75) is 12.3 Å². The normalized spacial score (nSPS) is 12.4. The van der Waals surface area contributed by atoms with Crippen molar-refractivity contribution in [3.05, 3.63) is 66.6 Å². The number of hydrogen-bond donors (Lipinski definition) is 1. The molecule has 0 saturated heterocycles. The van der Waals surface area contributed by atoms with Crippen LogP contribution in [0.5, 0.6) is 17.4 Å². The molecule has 0 radical (unpaired) electrons. The van der Waals surface area contributed by atoms with Crippen LogP contribution in [-0.2, 0) is 0 Å². The molecule has 0 bridgehead atoms. The maximum atomic E-state index is 13.6. The summed E-state index contributed by atoms with van der Waals surface area (Å²) in [7, 11) is 0. The van der Waals surface area contributed by atoms with Crippen LogP contribution in [-0.4, -0.2) is 21.1 Å². The zero-order valence-corrected chi connectivity index (χ0v) is 13.2. The van der Waals surface area contributed by atoms with Crippen LogP contribution in [0.15, 0.2) is 61.1 Å². The first-order valence-corrected chi connectivity index (χ1v) is 7.42. The lowest BCUT2D eigenvalue weighted by molar-refractivity contribution is -0.199. The third-order valence-electron chi connectivity index (χ3n) is 3.25. The molecule has 1 atom stereocenters. The van der Waals surface area contributed by atoms with Gasteiger partial charge in [-0.25, -0.2) is 4.98 Å². The lowest BCUT2D eigenvalue weighted by Crippen LogP contribution is -2.27. The minimum atomic E-state index is -4.71. The largest absolute Gasteiger partial charge is 0.459 e. The van der Waals surface area contributed by atoms with Gasteiger partial charge >= 0.3 is 6.18 Å². The van der Waals surface area contributed by atoms with Crippen molar-refractivity contribution < 1.29 is 22.6 Å². The SMILES string of the molecule is Nc1nccc(OC(c2ccccc2Oc2cccnc2)C(F)(F)F)n1. The highest BCUT2D eigenvalue weighted by Crippen LogP contribution is 2.41. The first-order chi connectivity index (χ1) is 12.4. The average Bonchev–Trinajstić information content (AvgIpc) is 2.60. The van der Waals surface area contributed by atoms with Gasteiger partial charge in [-0.05, 0) is 18.2 Å². The van der Waals surface area contributed by atoms with Crippen LogP contribution >= 0.6 is 0 Å². The van der Waals surface area contributed by atoms with Crippen LogP contribution in [0.4, 0.5) is 19.1 Å². The summed E-state index contributed by atoms with van der Waals surface area (Å²) in [4.78, 5) is 11.2. The molecule has 0 aliphatic rings. The number of benzene rings is 1. The Kier molecular flexibility index (Phi) is 4.87. The first kappa shape index (κ1) is 17.5. The Morgan fingerprint density at radius 2 is 1.81 bits per heavy atom. The fourth-order valence-electron chi connectivity index (χ4n) is 2.17. The number of pyridine rings is 1. The first-order valence-electron chi connectivity index (χ1n) is 7.42. The Morgan fingerprint density at radius 3 is 2.50 bits per heavy atom. The molecule has 3 rings (SSSR count). The van der Waals surface area contributed by atoms with Crippen molar-refractivity contribution in [2.24, 2.45) is 0 Å². The quantitative estimate of drug-likeness (QED) is 0.740. The number of rotatable bonds is 5. The number of nitrogens with zero attached hydrogens (tertiary/aromatic N) is 3. The van der Waals surface area contributed by atoms with Crippen LogP contribution < -0.4 is 15.2 Å². The molecule has 0 aliphatic carbocycles. The molecule has 134 valence electrons. The van der Waals surface area contributed by atoms with E-state index in [-0.39, 0.29) is 23.1 Å². The van der Waals surface area contributed by atoms with E-state index in [4.69, 9.17) is 15.2 Å². The molecule has 0 amide bonds. The van der Waals surface area contributed by atoms with Gasteiger partial charge in [0.1, 0.15) is 11.5 Å². The smallest absolute Gasteiger partial charge is 0.429 e. The molecule has 26 heavy (non-hydrogen) atoms. The van der Waals surface area contributed by atoms with Gasteiger partial charge in [-0.1, -0.05) is 18.2 Å². The van der Waals surface area contributed by atoms with E-state index in [9.17, 15) is 13.2 Å². The van der Waals surface area contributed by atoms with E-state index in [0.717, 1.165) is 0 Å². The van der Waals surface area contributed by atoms with Crippen molar-refractivity contribution in [3.8, 4) is 17.4 Å². The van der Waals surface area contributed by atoms with E-state index < -0.39 is 12.3 Å². The summed E-state index contributed by atoms with van der Waals surface area (Å²) in [5, 5.41) is 0.